The van der Waals surface area contributed by atoms with Gasteiger partial charge in [-0.25, -0.2) is 13.1 Å². The molecule has 1 aliphatic rings. The van der Waals surface area contributed by atoms with Crippen molar-refractivity contribution in [2.24, 2.45) is 0 Å². The summed E-state index contributed by atoms with van der Waals surface area (Å²) in [5, 5.41) is 3.24. The Morgan fingerprint density at radius 1 is 1.04 bits per heavy atom. The lowest BCUT2D eigenvalue weighted by molar-refractivity contribution is 0.0954. The van der Waals surface area contributed by atoms with Gasteiger partial charge >= 0.3 is 0 Å². The van der Waals surface area contributed by atoms with Crippen LogP contribution in [0.25, 0.3) is 0 Å². The molecule has 0 atom stereocenters. The fraction of sp³-hybridized carbons (Fsp3) is 0.350. The normalized spacial score (nSPS) is 15.0. The Labute approximate surface area is 165 Å². The maximum Gasteiger partial charge on any atom is 0.252 e. The van der Waals surface area contributed by atoms with Gasteiger partial charge in [-0.15, -0.1) is 0 Å². The van der Waals surface area contributed by atoms with Gasteiger partial charge < -0.3 is 5.32 Å². The number of halogens is 1. The zero-order chi connectivity index (χ0) is 19.3. The number of hydrogen-bond donors (Lipinski definition) is 2. The summed E-state index contributed by atoms with van der Waals surface area (Å²) in [6.07, 6.45) is 4.57. The summed E-state index contributed by atoms with van der Waals surface area (Å²) in [5.74, 6) is -0.222. The van der Waals surface area contributed by atoms with Crippen molar-refractivity contribution in [3.63, 3.8) is 0 Å². The summed E-state index contributed by atoms with van der Waals surface area (Å²) in [6.45, 7) is 0.441. The summed E-state index contributed by atoms with van der Waals surface area (Å²) in [6, 6.07) is 13.7. The van der Waals surface area contributed by atoms with E-state index in [0.29, 0.717) is 23.6 Å². The van der Waals surface area contributed by atoms with E-state index in [4.69, 9.17) is 11.6 Å². The molecular formula is C20H23ClN2O3S. The largest absolute Gasteiger partial charge is 0.352 e. The number of rotatable bonds is 7. The van der Waals surface area contributed by atoms with E-state index in [2.05, 4.69) is 10.0 Å². The topological polar surface area (TPSA) is 75.3 Å². The first-order valence-corrected chi connectivity index (χ1v) is 11.0. The Hall–Kier alpha value is -1.89. The van der Waals surface area contributed by atoms with Crippen molar-refractivity contribution in [1.29, 1.82) is 0 Å². The number of carbonyl (C=O) groups excluding carboxylic acids is 1. The molecule has 3 rings (SSSR count). The Balaban J connectivity index is 1.53. The Morgan fingerprint density at radius 2 is 1.70 bits per heavy atom. The molecule has 0 heterocycles. The molecule has 144 valence electrons. The zero-order valence-electron chi connectivity index (χ0n) is 14.9. The minimum Gasteiger partial charge on any atom is -0.352 e. The molecule has 1 fully saturated rings. The third kappa shape index (κ3) is 5.31. The number of carbonyl (C=O) groups is 1. The molecule has 2 N–H and O–H groups in total. The second-order valence-corrected chi connectivity index (χ2v) is 8.85. The molecule has 5 nitrogen and oxygen atoms in total. The standard InChI is InChI=1S/C20H23ClN2O3S/c21-19-8-4-3-7-18(19)20(24)22-14-13-15-9-11-17(12-10-15)27(25,26)23-16-5-1-2-6-16/h3-4,7-12,16,23H,1-2,5-6,13-14H2,(H,22,24). The smallest absolute Gasteiger partial charge is 0.252 e. The SMILES string of the molecule is O=C(NCCc1ccc(S(=O)(=O)NC2CCCC2)cc1)c1ccccc1Cl. The van der Waals surface area contributed by atoms with Gasteiger partial charge in [-0.3, -0.25) is 4.79 Å². The lowest BCUT2D eigenvalue weighted by atomic mass is 10.1. The molecule has 2 aromatic rings. The highest BCUT2D eigenvalue weighted by molar-refractivity contribution is 7.89. The summed E-state index contributed by atoms with van der Waals surface area (Å²) in [7, 11) is -3.47. The van der Waals surface area contributed by atoms with Crippen LogP contribution in [0.4, 0.5) is 0 Å². The quantitative estimate of drug-likeness (QED) is 0.738. The summed E-state index contributed by atoms with van der Waals surface area (Å²) >= 11 is 6.01. The summed E-state index contributed by atoms with van der Waals surface area (Å²) in [4.78, 5) is 12.4. The van der Waals surface area contributed by atoms with Crippen LogP contribution in [-0.2, 0) is 16.4 Å². The number of amides is 1. The number of benzene rings is 2. The van der Waals surface area contributed by atoms with Gasteiger partial charge in [0.15, 0.2) is 0 Å². The molecule has 2 aromatic carbocycles. The van der Waals surface area contributed by atoms with Crippen molar-refractivity contribution in [1.82, 2.24) is 10.0 Å². The first-order chi connectivity index (χ1) is 13.0. The van der Waals surface area contributed by atoms with Crippen LogP contribution >= 0.6 is 11.6 Å². The first-order valence-electron chi connectivity index (χ1n) is 9.10. The van der Waals surface area contributed by atoms with Crippen LogP contribution in [0, 0.1) is 0 Å². The van der Waals surface area contributed by atoms with Gasteiger partial charge in [-0.05, 0) is 49.1 Å². The fourth-order valence-corrected chi connectivity index (χ4v) is 4.75. The third-order valence-electron chi connectivity index (χ3n) is 4.73. The molecule has 0 radical (unpaired) electrons. The molecule has 1 aliphatic carbocycles. The maximum absolute atomic E-state index is 12.4. The molecule has 27 heavy (non-hydrogen) atoms. The lowest BCUT2D eigenvalue weighted by Gasteiger charge is -2.13. The highest BCUT2D eigenvalue weighted by Gasteiger charge is 2.22. The first kappa shape index (κ1) is 19.9. The average Bonchev–Trinajstić information content (AvgIpc) is 3.15. The van der Waals surface area contributed by atoms with Crippen molar-refractivity contribution in [3.8, 4) is 0 Å². The molecule has 1 saturated carbocycles. The predicted molar refractivity (Wildman–Crippen MR) is 107 cm³/mol. The molecule has 0 unspecified atom stereocenters. The molecule has 0 aromatic heterocycles. The molecule has 0 saturated heterocycles. The number of sulfonamides is 1. The molecule has 7 heteroatoms. The van der Waals surface area contributed by atoms with Crippen molar-refractivity contribution < 1.29 is 13.2 Å². The van der Waals surface area contributed by atoms with Gasteiger partial charge in [0.1, 0.15) is 0 Å². The Bertz CT molecular complexity index is 892. The highest BCUT2D eigenvalue weighted by atomic mass is 35.5. The van der Waals surface area contributed by atoms with E-state index in [0.717, 1.165) is 31.2 Å². The molecule has 0 aliphatic heterocycles. The third-order valence-corrected chi connectivity index (χ3v) is 6.59. The van der Waals surface area contributed by atoms with Gasteiger partial charge in [0.25, 0.3) is 5.91 Å². The van der Waals surface area contributed by atoms with E-state index in [-0.39, 0.29) is 16.8 Å². The maximum atomic E-state index is 12.4. The van der Waals surface area contributed by atoms with E-state index >= 15 is 0 Å². The van der Waals surface area contributed by atoms with Crippen LogP contribution in [0.15, 0.2) is 53.4 Å². The van der Waals surface area contributed by atoms with Crippen LogP contribution in [0.1, 0.15) is 41.6 Å². The Kier molecular flexibility index (Phi) is 6.52. The molecule has 0 spiro atoms. The van der Waals surface area contributed by atoms with Crippen molar-refractivity contribution in [2.75, 3.05) is 6.54 Å². The van der Waals surface area contributed by atoms with Gasteiger partial charge in [-0.1, -0.05) is 48.7 Å². The van der Waals surface area contributed by atoms with Crippen LogP contribution < -0.4 is 10.0 Å². The van der Waals surface area contributed by atoms with Gasteiger partial charge in [-0.2, -0.15) is 0 Å². The van der Waals surface area contributed by atoms with E-state index in [9.17, 15) is 13.2 Å². The van der Waals surface area contributed by atoms with Crippen molar-refractivity contribution >= 4 is 27.5 Å². The van der Waals surface area contributed by atoms with Crippen molar-refractivity contribution in [3.05, 3.63) is 64.7 Å². The van der Waals surface area contributed by atoms with E-state index in [1.807, 2.05) is 0 Å². The highest BCUT2D eigenvalue weighted by Crippen LogP contribution is 2.20. The van der Waals surface area contributed by atoms with Crippen LogP contribution in [0.5, 0.6) is 0 Å². The molecule has 1 amide bonds. The minimum atomic E-state index is -3.47. The summed E-state index contributed by atoms with van der Waals surface area (Å²) < 4.78 is 27.6. The van der Waals surface area contributed by atoms with Crippen molar-refractivity contribution in [2.45, 2.75) is 43.0 Å². The summed E-state index contributed by atoms with van der Waals surface area (Å²) in [5.41, 5.74) is 1.40. The molecular weight excluding hydrogens is 384 g/mol. The van der Waals surface area contributed by atoms with E-state index in [1.165, 1.54) is 0 Å². The minimum absolute atomic E-state index is 0.0506. The van der Waals surface area contributed by atoms with Crippen LogP contribution in [0.3, 0.4) is 0 Å². The fourth-order valence-electron chi connectivity index (χ4n) is 3.23. The van der Waals surface area contributed by atoms with Crippen LogP contribution in [-0.4, -0.2) is 26.9 Å². The van der Waals surface area contributed by atoms with Gasteiger partial charge in [0.05, 0.1) is 15.5 Å². The van der Waals surface area contributed by atoms with Crippen LogP contribution in [0.2, 0.25) is 5.02 Å². The average molecular weight is 407 g/mol. The zero-order valence-corrected chi connectivity index (χ0v) is 16.5. The monoisotopic (exact) mass is 406 g/mol. The molecule has 0 bridgehead atoms. The second kappa shape index (κ2) is 8.87. The second-order valence-electron chi connectivity index (χ2n) is 6.73. The number of nitrogens with one attached hydrogen (secondary N) is 2. The number of hydrogen-bond acceptors (Lipinski definition) is 3. The van der Waals surface area contributed by atoms with E-state index in [1.54, 1.807) is 48.5 Å². The lowest BCUT2D eigenvalue weighted by Crippen LogP contribution is -2.32. The van der Waals surface area contributed by atoms with Gasteiger partial charge in [0, 0.05) is 12.6 Å². The Morgan fingerprint density at radius 3 is 2.37 bits per heavy atom. The predicted octanol–water partition coefficient (Wildman–Crippen LogP) is 3.53. The van der Waals surface area contributed by atoms with Gasteiger partial charge in [0.2, 0.25) is 10.0 Å². The van der Waals surface area contributed by atoms with E-state index < -0.39 is 10.0 Å².